The number of aliphatic imine (C=N–C) groups is 1. The number of carbonyl (C=O) groups is 1. The number of hydrogen-bond donors (Lipinski definition) is 2. The first-order valence-electron chi connectivity index (χ1n) is 6.10. The molecule has 0 aromatic heterocycles. The average molecular weight is 263 g/mol. The summed E-state index contributed by atoms with van der Waals surface area (Å²) in [5.41, 5.74) is 1.30. The molecule has 1 aromatic carbocycles. The smallest absolute Gasteiger partial charge is 0.320 e. The topological polar surface area (TPSA) is 53.5 Å². The zero-order valence-corrected chi connectivity index (χ0v) is 11.0. The van der Waals surface area contributed by atoms with E-state index in [0.29, 0.717) is 6.54 Å². The molecule has 4 nitrogen and oxygen atoms in total. The number of benzene rings is 1. The molecular formula is C13H17N3OS. The molecule has 1 aromatic rings. The van der Waals surface area contributed by atoms with Crippen LogP contribution >= 0.6 is 11.8 Å². The molecule has 18 heavy (non-hydrogen) atoms. The maximum atomic E-state index is 11.5. The highest BCUT2D eigenvalue weighted by Crippen LogP contribution is 2.08. The van der Waals surface area contributed by atoms with Gasteiger partial charge < -0.3 is 5.32 Å². The van der Waals surface area contributed by atoms with Crippen molar-refractivity contribution in [2.45, 2.75) is 12.8 Å². The molecule has 1 aliphatic rings. The third kappa shape index (κ3) is 4.41. The molecule has 0 unspecified atom stereocenters. The maximum Gasteiger partial charge on any atom is 0.320 e. The summed E-state index contributed by atoms with van der Waals surface area (Å²) in [6.45, 7) is 1.48. The molecule has 0 aliphatic carbocycles. The van der Waals surface area contributed by atoms with Gasteiger partial charge in [-0.1, -0.05) is 42.1 Å². The lowest BCUT2D eigenvalue weighted by Gasteiger charge is -2.06. The van der Waals surface area contributed by atoms with Crippen LogP contribution in [0, 0.1) is 0 Å². The quantitative estimate of drug-likeness (QED) is 0.817. The summed E-state index contributed by atoms with van der Waals surface area (Å²) in [4.78, 5) is 15.7. The Morgan fingerprint density at radius 2 is 2.17 bits per heavy atom. The molecule has 0 saturated carbocycles. The van der Waals surface area contributed by atoms with Gasteiger partial charge in [-0.15, -0.1) is 0 Å². The standard InChI is InChI=1S/C13H17N3OS/c17-12(16-13-15-9-10-18-13)14-8-4-7-11-5-2-1-3-6-11/h1-3,5-6H,4,7-10H2,(H2,14,15,16,17). The van der Waals surface area contributed by atoms with Gasteiger partial charge in [0.05, 0.1) is 6.54 Å². The minimum atomic E-state index is -0.156. The first-order valence-corrected chi connectivity index (χ1v) is 7.09. The average Bonchev–Trinajstić information content (AvgIpc) is 2.89. The third-order valence-corrected chi connectivity index (χ3v) is 3.47. The van der Waals surface area contributed by atoms with Gasteiger partial charge in [-0.3, -0.25) is 10.3 Å². The van der Waals surface area contributed by atoms with Crippen LogP contribution in [-0.4, -0.2) is 30.0 Å². The lowest BCUT2D eigenvalue weighted by atomic mass is 10.1. The zero-order valence-electron chi connectivity index (χ0n) is 10.2. The van der Waals surface area contributed by atoms with E-state index in [1.54, 1.807) is 11.8 Å². The van der Waals surface area contributed by atoms with Crippen LogP contribution in [0.1, 0.15) is 12.0 Å². The van der Waals surface area contributed by atoms with E-state index in [1.165, 1.54) is 5.56 Å². The van der Waals surface area contributed by atoms with E-state index in [2.05, 4.69) is 27.8 Å². The minimum Gasteiger partial charge on any atom is -0.338 e. The van der Waals surface area contributed by atoms with Crippen molar-refractivity contribution in [1.82, 2.24) is 10.6 Å². The molecular weight excluding hydrogens is 246 g/mol. The SMILES string of the molecule is O=C(NCCCc1ccccc1)NC1=NCCS1. The van der Waals surface area contributed by atoms with Gasteiger partial charge >= 0.3 is 6.03 Å². The van der Waals surface area contributed by atoms with Crippen LogP contribution in [0.3, 0.4) is 0 Å². The van der Waals surface area contributed by atoms with E-state index in [1.807, 2.05) is 18.2 Å². The van der Waals surface area contributed by atoms with Gasteiger partial charge in [0.25, 0.3) is 0 Å². The first kappa shape index (κ1) is 13.0. The second kappa shape index (κ2) is 7.06. The molecule has 2 amide bonds. The first-order chi connectivity index (χ1) is 8.84. The molecule has 2 rings (SSSR count). The van der Waals surface area contributed by atoms with Crippen LogP contribution in [0.4, 0.5) is 4.79 Å². The number of amidine groups is 1. The Morgan fingerprint density at radius 1 is 1.33 bits per heavy atom. The number of amides is 2. The number of rotatable bonds is 4. The van der Waals surface area contributed by atoms with Crippen molar-refractivity contribution in [1.29, 1.82) is 0 Å². The molecule has 1 aliphatic heterocycles. The number of nitrogens with one attached hydrogen (secondary N) is 2. The predicted molar refractivity (Wildman–Crippen MR) is 76.1 cm³/mol. The van der Waals surface area contributed by atoms with Gasteiger partial charge in [-0.05, 0) is 18.4 Å². The second-order valence-corrected chi connectivity index (χ2v) is 5.09. The highest BCUT2D eigenvalue weighted by atomic mass is 32.2. The maximum absolute atomic E-state index is 11.5. The normalized spacial score (nSPS) is 14.1. The molecule has 0 radical (unpaired) electrons. The predicted octanol–water partition coefficient (Wildman–Crippen LogP) is 2.02. The monoisotopic (exact) mass is 263 g/mol. The van der Waals surface area contributed by atoms with Crippen molar-refractivity contribution in [3.63, 3.8) is 0 Å². The lowest BCUT2D eigenvalue weighted by molar-refractivity contribution is 0.245. The number of carbonyl (C=O) groups excluding carboxylic acids is 1. The van der Waals surface area contributed by atoms with Gasteiger partial charge in [0.2, 0.25) is 0 Å². The molecule has 96 valence electrons. The van der Waals surface area contributed by atoms with E-state index in [4.69, 9.17) is 0 Å². The number of urea groups is 1. The Balaban J connectivity index is 1.59. The van der Waals surface area contributed by atoms with E-state index in [9.17, 15) is 4.79 Å². The number of hydrogen-bond acceptors (Lipinski definition) is 3. The van der Waals surface area contributed by atoms with Crippen molar-refractivity contribution in [2.75, 3.05) is 18.8 Å². The van der Waals surface area contributed by atoms with Crippen molar-refractivity contribution in [2.24, 2.45) is 4.99 Å². The Labute approximate surface area is 111 Å². The summed E-state index contributed by atoms with van der Waals surface area (Å²) in [6.07, 6.45) is 1.92. The molecule has 1 heterocycles. The Morgan fingerprint density at radius 3 is 2.89 bits per heavy atom. The minimum absolute atomic E-state index is 0.156. The van der Waals surface area contributed by atoms with E-state index < -0.39 is 0 Å². The van der Waals surface area contributed by atoms with Crippen LogP contribution in [-0.2, 0) is 6.42 Å². The Kier molecular flexibility index (Phi) is 5.08. The summed E-state index contributed by atoms with van der Waals surface area (Å²) < 4.78 is 0. The zero-order chi connectivity index (χ0) is 12.6. The van der Waals surface area contributed by atoms with Crippen molar-refractivity contribution >= 4 is 23.0 Å². The van der Waals surface area contributed by atoms with Gasteiger partial charge in [0.1, 0.15) is 0 Å². The van der Waals surface area contributed by atoms with E-state index in [0.717, 1.165) is 30.3 Å². The summed E-state index contributed by atoms with van der Waals surface area (Å²) in [5, 5.41) is 6.31. The lowest BCUT2D eigenvalue weighted by Crippen LogP contribution is -2.38. The van der Waals surface area contributed by atoms with Crippen LogP contribution in [0.15, 0.2) is 35.3 Å². The van der Waals surface area contributed by atoms with E-state index in [-0.39, 0.29) is 6.03 Å². The van der Waals surface area contributed by atoms with Gasteiger partial charge in [-0.2, -0.15) is 0 Å². The van der Waals surface area contributed by atoms with E-state index >= 15 is 0 Å². The van der Waals surface area contributed by atoms with Gasteiger partial charge in [-0.25, -0.2) is 4.79 Å². The third-order valence-electron chi connectivity index (χ3n) is 2.58. The molecule has 0 bridgehead atoms. The molecule has 2 N–H and O–H groups in total. The summed E-state index contributed by atoms with van der Waals surface area (Å²) >= 11 is 1.58. The molecule has 0 saturated heterocycles. The Bertz CT molecular complexity index is 420. The van der Waals surface area contributed by atoms with Crippen LogP contribution in [0.5, 0.6) is 0 Å². The van der Waals surface area contributed by atoms with Crippen molar-refractivity contribution in [3.8, 4) is 0 Å². The fourth-order valence-electron chi connectivity index (χ4n) is 1.69. The van der Waals surface area contributed by atoms with Crippen LogP contribution in [0.25, 0.3) is 0 Å². The number of thioether (sulfide) groups is 1. The summed E-state index contributed by atoms with van der Waals surface area (Å²) in [5.74, 6) is 0.962. The second-order valence-electron chi connectivity index (χ2n) is 4.01. The van der Waals surface area contributed by atoms with Crippen molar-refractivity contribution < 1.29 is 4.79 Å². The van der Waals surface area contributed by atoms with Crippen molar-refractivity contribution in [3.05, 3.63) is 35.9 Å². The highest BCUT2D eigenvalue weighted by Gasteiger charge is 2.09. The number of aryl methyl sites for hydroxylation is 1. The molecule has 0 spiro atoms. The summed E-state index contributed by atoms with van der Waals surface area (Å²) in [7, 11) is 0. The van der Waals surface area contributed by atoms with Gasteiger partial charge in [0, 0.05) is 12.3 Å². The largest absolute Gasteiger partial charge is 0.338 e. The number of nitrogens with zero attached hydrogens (tertiary/aromatic N) is 1. The Hall–Kier alpha value is -1.49. The summed E-state index contributed by atoms with van der Waals surface area (Å²) in [6, 6.07) is 10.1. The van der Waals surface area contributed by atoms with Crippen LogP contribution in [0.2, 0.25) is 0 Å². The van der Waals surface area contributed by atoms with Gasteiger partial charge in [0.15, 0.2) is 5.17 Å². The fourth-order valence-corrected chi connectivity index (χ4v) is 2.41. The van der Waals surface area contributed by atoms with Crippen LogP contribution < -0.4 is 10.6 Å². The molecule has 0 fully saturated rings. The molecule has 5 heteroatoms. The highest BCUT2D eigenvalue weighted by molar-refractivity contribution is 8.14. The fraction of sp³-hybridized carbons (Fsp3) is 0.385. The molecule has 0 atom stereocenters.